The number of nitrogens with one attached hydrogen (secondary N) is 2. The second kappa shape index (κ2) is 9.76. The number of benzene rings is 1. The average Bonchev–Trinajstić information content (AvgIpc) is 3.45. The van der Waals surface area contributed by atoms with E-state index in [0.29, 0.717) is 0 Å². The van der Waals surface area contributed by atoms with Crippen LogP contribution >= 0.6 is 0 Å². The molecule has 0 radical (unpaired) electrons. The van der Waals surface area contributed by atoms with Crippen LogP contribution in [-0.4, -0.2) is 33.9 Å². The molecule has 0 unspecified atom stereocenters. The van der Waals surface area contributed by atoms with Gasteiger partial charge in [0.05, 0.1) is 12.2 Å². The van der Waals surface area contributed by atoms with E-state index in [0.717, 1.165) is 73.8 Å². The number of nitrogens with zero attached hydrogens (tertiary/aromatic N) is 2. The Morgan fingerprint density at radius 3 is 2.93 bits per heavy atom. The van der Waals surface area contributed by atoms with E-state index in [2.05, 4.69) is 27.1 Å². The van der Waals surface area contributed by atoms with Gasteiger partial charge in [0.1, 0.15) is 11.6 Å². The van der Waals surface area contributed by atoms with E-state index in [1.165, 1.54) is 6.42 Å². The number of carbonyl (C=O) groups is 1. The number of amides is 1. The van der Waals surface area contributed by atoms with Gasteiger partial charge in [-0.25, -0.2) is 4.98 Å². The number of likely N-dealkylation sites (tertiary alicyclic amines) is 1. The third-order valence-corrected chi connectivity index (χ3v) is 5.68. The summed E-state index contributed by atoms with van der Waals surface area (Å²) in [5, 5.41) is 3.08. The number of aryl methyl sites for hydroxylation is 1. The minimum absolute atomic E-state index is 0.00554. The molecule has 30 heavy (non-hydrogen) atoms. The van der Waals surface area contributed by atoms with Gasteiger partial charge in [-0.2, -0.15) is 0 Å². The Hall–Kier alpha value is -2.86. The Morgan fingerprint density at radius 1 is 1.30 bits per heavy atom. The highest BCUT2D eigenvalue weighted by Gasteiger charge is 2.26. The molecular weight excluding hydrogens is 376 g/mol. The molecule has 2 aromatic heterocycles. The second-order valence-electron chi connectivity index (χ2n) is 8.08. The molecule has 4 rings (SSSR count). The number of aromatic amines is 1. The molecule has 6 heteroatoms. The predicted molar refractivity (Wildman–Crippen MR) is 118 cm³/mol. The number of carbonyl (C=O) groups excluding carboxylic acids is 1. The van der Waals surface area contributed by atoms with Gasteiger partial charge in [-0.1, -0.05) is 13.3 Å². The second-order valence-corrected chi connectivity index (χ2v) is 8.08. The first-order valence-corrected chi connectivity index (χ1v) is 10.9. The van der Waals surface area contributed by atoms with Crippen molar-refractivity contribution in [3.63, 3.8) is 0 Å². The normalized spacial score (nSPS) is 17.2. The van der Waals surface area contributed by atoms with E-state index in [1.54, 1.807) is 6.26 Å². The fourth-order valence-corrected chi connectivity index (χ4v) is 4.02. The maximum absolute atomic E-state index is 12.8. The number of unbranched alkanes of at least 4 members (excludes halogenated alkanes) is 1. The lowest BCUT2D eigenvalue weighted by Gasteiger charge is -2.31. The molecule has 1 saturated heterocycles. The van der Waals surface area contributed by atoms with E-state index >= 15 is 0 Å². The average molecular weight is 407 g/mol. The van der Waals surface area contributed by atoms with E-state index in [-0.39, 0.29) is 11.8 Å². The molecule has 1 aliphatic rings. The maximum atomic E-state index is 12.8. The van der Waals surface area contributed by atoms with Crippen molar-refractivity contribution in [1.29, 1.82) is 0 Å². The molecule has 0 bridgehead atoms. The number of hydrogen-bond acceptors (Lipinski definition) is 4. The summed E-state index contributed by atoms with van der Waals surface area (Å²) >= 11 is 0. The summed E-state index contributed by atoms with van der Waals surface area (Å²) < 4.78 is 5.42. The van der Waals surface area contributed by atoms with Gasteiger partial charge in [-0.05, 0) is 62.2 Å². The predicted octanol–water partition coefficient (Wildman–Crippen LogP) is 4.86. The summed E-state index contributed by atoms with van der Waals surface area (Å²) in [6.45, 7) is 4.81. The Kier molecular flexibility index (Phi) is 6.64. The Labute approximate surface area is 177 Å². The Balaban J connectivity index is 1.30. The molecule has 1 atom stereocenters. The largest absolute Gasteiger partial charge is 0.464 e. The van der Waals surface area contributed by atoms with Crippen LogP contribution in [0.5, 0.6) is 0 Å². The van der Waals surface area contributed by atoms with Crippen molar-refractivity contribution in [1.82, 2.24) is 14.9 Å². The summed E-state index contributed by atoms with van der Waals surface area (Å²) in [5.41, 5.74) is 2.96. The van der Waals surface area contributed by atoms with Crippen molar-refractivity contribution < 1.29 is 9.21 Å². The highest BCUT2D eigenvalue weighted by molar-refractivity contribution is 5.93. The van der Waals surface area contributed by atoms with Crippen LogP contribution in [0.1, 0.15) is 44.1 Å². The number of H-pyrrole nitrogens is 1. The molecule has 0 aliphatic carbocycles. The van der Waals surface area contributed by atoms with Crippen LogP contribution in [0.15, 0.2) is 53.3 Å². The summed E-state index contributed by atoms with van der Waals surface area (Å²) in [5.74, 6) is 1.99. The van der Waals surface area contributed by atoms with Crippen molar-refractivity contribution in [2.45, 2.75) is 45.6 Å². The van der Waals surface area contributed by atoms with Gasteiger partial charge in [-0.15, -0.1) is 0 Å². The number of anilines is 1. The minimum Gasteiger partial charge on any atom is -0.464 e. The molecule has 0 saturated carbocycles. The first-order valence-electron chi connectivity index (χ1n) is 10.9. The van der Waals surface area contributed by atoms with Crippen LogP contribution in [0.25, 0.3) is 11.3 Å². The maximum Gasteiger partial charge on any atom is 0.228 e. The minimum atomic E-state index is 0.00554. The third kappa shape index (κ3) is 5.19. The van der Waals surface area contributed by atoms with E-state index in [1.807, 2.05) is 42.6 Å². The van der Waals surface area contributed by atoms with E-state index in [4.69, 9.17) is 4.42 Å². The van der Waals surface area contributed by atoms with Crippen LogP contribution in [0.3, 0.4) is 0 Å². The molecule has 3 heterocycles. The summed E-state index contributed by atoms with van der Waals surface area (Å²) in [6, 6.07) is 11.6. The molecule has 6 nitrogen and oxygen atoms in total. The van der Waals surface area contributed by atoms with Crippen molar-refractivity contribution in [3.8, 4) is 11.3 Å². The standard InChI is InChI=1S/C24H30N4O2/c1-2-3-8-23-25-15-21(26-23)17-28-13-4-6-19(16-28)24(29)27-20-11-9-18(10-12-20)22-7-5-14-30-22/h5,7,9-12,14-15,19H,2-4,6,8,13,16-17H2,1H3,(H,25,26)(H,27,29)/t19-/m0/s1. The quantitative estimate of drug-likeness (QED) is 0.560. The number of aromatic nitrogens is 2. The Morgan fingerprint density at radius 2 is 2.17 bits per heavy atom. The van der Waals surface area contributed by atoms with Gasteiger partial charge in [0.2, 0.25) is 5.91 Å². The van der Waals surface area contributed by atoms with Gasteiger partial charge >= 0.3 is 0 Å². The van der Waals surface area contributed by atoms with Gasteiger partial charge in [0.25, 0.3) is 0 Å². The number of rotatable bonds is 8. The molecule has 2 N–H and O–H groups in total. The summed E-state index contributed by atoms with van der Waals surface area (Å²) in [4.78, 5) is 23.1. The molecule has 1 aliphatic heterocycles. The lowest BCUT2D eigenvalue weighted by Crippen LogP contribution is -2.40. The van der Waals surface area contributed by atoms with E-state index < -0.39 is 0 Å². The molecule has 1 fully saturated rings. The lowest BCUT2D eigenvalue weighted by molar-refractivity contribution is -0.121. The summed E-state index contributed by atoms with van der Waals surface area (Å²) in [7, 11) is 0. The fourth-order valence-electron chi connectivity index (χ4n) is 4.02. The Bertz CT molecular complexity index is 931. The van der Waals surface area contributed by atoms with Gasteiger partial charge in [0.15, 0.2) is 0 Å². The van der Waals surface area contributed by atoms with Crippen molar-refractivity contribution in [2.75, 3.05) is 18.4 Å². The monoisotopic (exact) mass is 406 g/mol. The zero-order chi connectivity index (χ0) is 20.8. The van der Waals surface area contributed by atoms with Crippen LogP contribution in [-0.2, 0) is 17.8 Å². The SMILES string of the molecule is CCCCc1ncc(CN2CCC[C@H](C(=O)Nc3ccc(-c4ccco4)cc3)C2)[nH]1. The number of hydrogen-bond donors (Lipinski definition) is 2. The van der Waals surface area contributed by atoms with Gasteiger partial charge in [0, 0.05) is 42.7 Å². The lowest BCUT2D eigenvalue weighted by atomic mass is 9.97. The highest BCUT2D eigenvalue weighted by Crippen LogP contribution is 2.23. The number of furan rings is 1. The highest BCUT2D eigenvalue weighted by atomic mass is 16.3. The molecule has 1 amide bonds. The van der Waals surface area contributed by atoms with Crippen molar-refractivity contribution >= 4 is 11.6 Å². The topological polar surface area (TPSA) is 74.2 Å². The third-order valence-electron chi connectivity index (χ3n) is 5.68. The van der Waals surface area contributed by atoms with Crippen LogP contribution in [0.4, 0.5) is 5.69 Å². The first kappa shape index (κ1) is 20.4. The molecule has 3 aromatic rings. The zero-order valence-electron chi connectivity index (χ0n) is 17.6. The molecular formula is C24H30N4O2. The first-order chi connectivity index (χ1) is 14.7. The van der Waals surface area contributed by atoms with Crippen LogP contribution < -0.4 is 5.32 Å². The van der Waals surface area contributed by atoms with Gasteiger partial charge < -0.3 is 14.7 Å². The number of piperidine rings is 1. The van der Waals surface area contributed by atoms with E-state index in [9.17, 15) is 4.79 Å². The molecule has 0 spiro atoms. The summed E-state index contributed by atoms with van der Waals surface area (Å²) in [6.07, 6.45) is 8.89. The molecule has 158 valence electrons. The van der Waals surface area contributed by atoms with Gasteiger partial charge in [-0.3, -0.25) is 9.69 Å². The van der Waals surface area contributed by atoms with Crippen LogP contribution in [0.2, 0.25) is 0 Å². The fraction of sp³-hybridized carbons (Fsp3) is 0.417. The zero-order valence-corrected chi connectivity index (χ0v) is 17.6. The van der Waals surface area contributed by atoms with Crippen LogP contribution in [0, 0.1) is 5.92 Å². The number of imidazole rings is 1. The van der Waals surface area contributed by atoms with Crippen molar-refractivity contribution in [2.24, 2.45) is 5.92 Å². The van der Waals surface area contributed by atoms with Crippen molar-refractivity contribution in [3.05, 3.63) is 60.4 Å². The smallest absolute Gasteiger partial charge is 0.228 e. The molecule has 1 aromatic carbocycles.